The van der Waals surface area contributed by atoms with E-state index in [9.17, 15) is 14.0 Å². The summed E-state index contributed by atoms with van der Waals surface area (Å²) in [6.07, 6.45) is 1.27. The molecule has 0 unspecified atom stereocenters. The molecular weight excluding hydrogens is 375 g/mol. The van der Waals surface area contributed by atoms with E-state index in [1.807, 2.05) is 31.2 Å². The lowest BCUT2D eigenvalue weighted by Gasteiger charge is -2.08. The Kier molecular flexibility index (Phi) is 4.86. The molecule has 0 bridgehead atoms. The second kappa shape index (κ2) is 7.63. The molecule has 1 N–H and O–H groups in total. The van der Waals surface area contributed by atoms with Crippen molar-refractivity contribution in [2.24, 2.45) is 0 Å². The summed E-state index contributed by atoms with van der Waals surface area (Å²) in [6, 6.07) is 13.6. The van der Waals surface area contributed by atoms with Crippen LogP contribution in [0.25, 0.3) is 11.2 Å². The third kappa shape index (κ3) is 3.75. The lowest BCUT2D eigenvalue weighted by molar-refractivity contribution is -0.116. The fourth-order valence-electron chi connectivity index (χ4n) is 2.96. The number of aromatic nitrogens is 5. The average molecular weight is 392 g/mol. The van der Waals surface area contributed by atoms with Crippen molar-refractivity contribution < 1.29 is 9.18 Å². The van der Waals surface area contributed by atoms with Gasteiger partial charge in [-0.1, -0.05) is 41.6 Å². The van der Waals surface area contributed by atoms with Crippen molar-refractivity contribution in [3.05, 3.63) is 82.2 Å². The molecule has 0 fully saturated rings. The first-order valence-electron chi connectivity index (χ1n) is 8.90. The summed E-state index contributed by atoms with van der Waals surface area (Å²) >= 11 is 0. The predicted octanol–water partition coefficient (Wildman–Crippen LogP) is 2.12. The largest absolute Gasteiger partial charge is 0.322 e. The van der Waals surface area contributed by atoms with Crippen molar-refractivity contribution in [2.75, 3.05) is 5.32 Å². The Bertz CT molecular complexity index is 1260. The number of rotatable bonds is 5. The molecule has 8 nitrogen and oxygen atoms in total. The van der Waals surface area contributed by atoms with Crippen LogP contribution in [0.15, 0.2) is 59.7 Å². The highest BCUT2D eigenvalue weighted by atomic mass is 19.1. The van der Waals surface area contributed by atoms with Crippen LogP contribution in [0.2, 0.25) is 0 Å². The summed E-state index contributed by atoms with van der Waals surface area (Å²) in [7, 11) is 0. The molecule has 2 aromatic heterocycles. The van der Waals surface area contributed by atoms with Crippen molar-refractivity contribution in [2.45, 2.75) is 20.0 Å². The summed E-state index contributed by atoms with van der Waals surface area (Å²) in [5.74, 6) is -1.11. The van der Waals surface area contributed by atoms with E-state index in [1.165, 1.54) is 24.5 Å². The van der Waals surface area contributed by atoms with E-state index in [-0.39, 0.29) is 17.7 Å². The standard InChI is InChI=1S/C20H17FN6O2/c1-13-6-2-3-7-14(13)10-27-19-18(24-25-27)20(29)26(12-22-19)11-17(28)23-16-9-5-4-8-15(16)21/h2-9,12H,10-11H2,1H3,(H,23,28). The van der Waals surface area contributed by atoms with Crippen LogP contribution in [0.3, 0.4) is 0 Å². The summed E-state index contributed by atoms with van der Waals surface area (Å²) in [6.45, 7) is 2.09. The van der Waals surface area contributed by atoms with Gasteiger partial charge in [-0.25, -0.2) is 14.1 Å². The van der Waals surface area contributed by atoms with E-state index in [0.717, 1.165) is 15.7 Å². The van der Waals surface area contributed by atoms with Gasteiger partial charge in [0.25, 0.3) is 5.56 Å². The van der Waals surface area contributed by atoms with Gasteiger partial charge in [0.2, 0.25) is 5.91 Å². The summed E-state index contributed by atoms with van der Waals surface area (Å²) in [5, 5.41) is 10.4. The molecule has 0 atom stereocenters. The molecule has 0 aliphatic rings. The normalized spacial score (nSPS) is 11.0. The van der Waals surface area contributed by atoms with Gasteiger partial charge in [-0.2, -0.15) is 0 Å². The number of aryl methyl sites for hydroxylation is 1. The first-order valence-corrected chi connectivity index (χ1v) is 8.90. The quantitative estimate of drug-likeness (QED) is 0.561. The molecule has 4 aromatic rings. The van der Waals surface area contributed by atoms with Crippen LogP contribution in [0.1, 0.15) is 11.1 Å². The molecule has 2 heterocycles. The Morgan fingerprint density at radius 1 is 1.14 bits per heavy atom. The number of nitrogens with zero attached hydrogens (tertiary/aromatic N) is 5. The molecule has 0 aliphatic heterocycles. The first kappa shape index (κ1) is 18.5. The Hall–Kier alpha value is -3.88. The number of anilines is 1. The molecule has 29 heavy (non-hydrogen) atoms. The van der Waals surface area contributed by atoms with Crippen LogP contribution in [-0.4, -0.2) is 30.5 Å². The van der Waals surface area contributed by atoms with E-state index in [1.54, 1.807) is 10.7 Å². The van der Waals surface area contributed by atoms with Crippen molar-refractivity contribution in [3.63, 3.8) is 0 Å². The topological polar surface area (TPSA) is 94.7 Å². The highest BCUT2D eigenvalue weighted by Crippen LogP contribution is 2.13. The second-order valence-electron chi connectivity index (χ2n) is 6.55. The zero-order valence-corrected chi connectivity index (χ0v) is 15.5. The number of benzene rings is 2. The third-order valence-electron chi connectivity index (χ3n) is 4.54. The molecule has 9 heteroatoms. The highest BCUT2D eigenvalue weighted by molar-refractivity contribution is 5.90. The fourth-order valence-corrected chi connectivity index (χ4v) is 2.96. The number of para-hydroxylation sites is 1. The number of hydrogen-bond acceptors (Lipinski definition) is 5. The Morgan fingerprint density at radius 2 is 1.90 bits per heavy atom. The van der Waals surface area contributed by atoms with Crippen LogP contribution in [-0.2, 0) is 17.9 Å². The van der Waals surface area contributed by atoms with Gasteiger partial charge >= 0.3 is 0 Å². The lowest BCUT2D eigenvalue weighted by atomic mass is 10.1. The maximum Gasteiger partial charge on any atom is 0.283 e. The smallest absolute Gasteiger partial charge is 0.283 e. The number of nitrogens with one attached hydrogen (secondary N) is 1. The summed E-state index contributed by atoms with van der Waals surface area (Å²) in [4.78, 5) is 29.1. The van der Waals surface area contributed by atoms with Crippen LogP contribution in [0.4, 0.5) is 10.1 Å². The molecule has 2 aromatic carbocycles. The number of hydrogen-bond donors (Lipinski definition) is 1. The molecule has 146 valence electrons. The van der Waals surface area contributed by atoms with Gasteiger partial charge in [-0.15, -0.1) is 5.10 Å². The van der Waals surface area contributed by atoms with Crippen LogP contribution >= 0.6 is 0 Å². The van der Waals surface area contributed by atoms with Gasteiger partial charge < -0.3 is 5.32 Å². The maximum absolute atomic E-state index is 13.7. The van der Waals surface area contributed by atoms with Crippen molar-refractivity contribution in [1.29, 1.82) is 0 Å². The minimum Gasteiger partial charge on any atom is -0.322 e. The zero-order valence-electron chi connectivity index (χ0n) is 15.5. The minimum absolute atomic E-state index is 0.0451. The molecule has 0 saturated carbocycles. The van der Waals surface area contributed by atoms with Gasteiger partial charge in [-0.3, -0.25) is 14.2 Å². The lowest BCUT2D eigenvalue weighted by Crippen LogP contribution is -2.28. The van der Waals surface area contributed by atoms with E-state index >= 15 is 0 Å². The zero-order chi connectivity index (χ0) is 20.4. The van der Waals surface area contributed by atoms with Gasteiger partial charge in [0.05, 0.1) is 12.2 Å². The number of carbonyl (C=O) groups excluding carboxylic acids is 1. The van der Waals surface area contributed by atoms with Crippen molar-refractivity contribution >= 4 is 22.8 Å². The van der Waals surface area contributed by atoms with Crippen LogP contribution in [0.5, 0.6) is 0 Å². The van der Waals surface area contributed by atoms with Crippen LogP contribution < -0.4 is 10.9 Å². The van der Waals surface area contributed by atoms with E-state index in [0.29, 0.717) is 12.2 Å². The van der Waals surface area contributed by atoms with Crippen LogP contribution in [0, 0.1) is 12.7 Å². The van der Waals surface area contributed by atoms with E-state index < -0.39 is 17.3 Å². The number of halogens is 1. The van der Waals surface area contributed by atoms with Gasteiger partial charge in [0.15, 0.2) is 11.2 Å². The van der Waals surface area contributed by atoms with Gasteiger partial charge in [0, 0.05) is 0 Å². The summed E-state index contributed by atoms with van der Waals surface area (Å²) < 4.78 is 16.3. The Labute approximate surface area is 164 Å². The molecule has 1 amide bonds. The number of fused-ring (bicyclic) bond motifs is 1. The highest BCUT2D eigenvalue weighted by Gasteiger charge is 2.15. The average Bonchev–Trinajstić information content (AvgIpc) is 3.11. The number of amides is 1. The summed E-state index contributed by atoms with van der Waals surface area (Å²) in [5.41, 5.74) is 2.09. The Balaban J connectivity index is 1.57. The molecule has 0 aliphatic carbocycles. The third-order valence-corrected chi connectivity index (χ3v) is 4.54. The maximum atomic E-state index is 13.7. The SMILES string of the molecule is Cc1ccccc1Cn1nnc2c(=O)n(CC(=O)Nc3ccccc3F)cnc21. The Morgan fingerprint density at radius 3 is 2.69 bits per heavy atom. The molecule has 0 saturated heterocycles. The monoisotopic (exact) mass is 392 g/mol. The molecule has 0 radical (unpaired) electrons. The van der Waals surface area contributed by atoms with Gasteiger partial charge in [-0.05, 0) is 30.2 Å². The van der Waals surface area contributed by atoms with E-state index in [4.69, 9.17) is 0 Å². The number of carbonyl (C=O) groups is 1. The first-order chi connectivity index (χ1) is 14.0. The van der Waals surface area contributed by atoms with E-state index in [2.05, 4.69) is 20.6 Å². The van der Waals surface area contributed by atoms with Crippen molar-refractivity contribution in [1.82, 2.24) is 24.5 Å². The second-order valence-corrected chi connectivity index (χ2v) is 6.55. The van der Waals surface area contributed by atoms with Gasteiger partial charge in [0.1, 0.15) is 18.7 Å². The molecule has 4 rings (SSSR count). The predicted molar refractivity (Wildman–Crippen MR) is 105 cm³/mol. The van der Waals surface area contributed by atoms with Crippen molar-refractivity contribution in [3.8, 4) is 0 Å². The fraction of sp³-hybridized carbons (Fsp3) is 0.150. The minimum atomic E-state index is -0.555. The molecule has 0 spiro atoms. The molecular formula is C20H17FN6O2.